The second kappa shape index (κ2) is 2.73. The van der Waals surface area contributed by atoms with E-state index >= 15 is 0 Å². The Morgan fingerprint density at radius 1 is 1.54 bits per heavy atom. The van der Waals surface area contributed by atoms with Gasteiger partial charge in [-0.1, -0.05) is 6.07 Å². The van der Waals surface area contributed by atoms with Crippen molar-refractivity contribution in [2.45, 2.75) is 6.42 Å². The Balaban J connectivity index is 2.65. The van der Waals surface area contributed by atoms with Crippen LogP contribution in [0.15, 0.2) is 12.1 Å². The van der Waals surface area contributed by atoms with Gasteiger partial charge < -0.3 is 10.4 Å². The van der Waals surface area contributed by atoms with Crippen LogP contribution in [0.2, 0.25) is 0 Å². The van der Waals surface area contributed by atoms with Gasteiger partial charge in [-0.05, 0) is 18.1 Å². The zero-order valence-electron chi connectivity index (χ0n) is 6.80. The molecule has 1 aromatic rings. The van der Waals surface area contributed by atoms with E-state index in [1.54, 1.807) is 6.07 Å². The molecule has 1 heterocycles. The Kier molecular flexibility index (Phi) is 1.69. The third-order valence-corrected chi connectivity index (χ3v) is 2.15. The molecule has 1 aliphatic heterocycles. The van der Waals surface area contributed by atoms with Crippen molar-refractivity contribution in [2.24, 2.45) is 0 Å². The van der Waals surface area contributed by atoms with Crippen LogP contribution in [0.4, 0.5) is 10.1 Å². The van der Waals surface area contributed by atoms with Crippen molar-refractivity contribution < 1.29 is 14.3 Å². The summed E-state index contributed by atoms with van der Waals surface area (Å²) in [4.78, 5) is 10.7. The number of rotatable bonds is 1. The summed E-state index contributed by atoms with van der Waals surface area (Å²) in [6, 6.07) is 2.83. The molecular weight excluding hydrogens is 173 g/mol. The summed E-state index contributed by atoms with van der Waals surface area (Å²) in [6.45, 7) is 0.680. The largest absolute Gasteiger partial charge is 0.478 e. The summed E-state index contributed by atoms with van der Waals surface area (Å²) in [7, 11) is 0. The molecular formula is C9H8FNO2. The highest BCUT2D eigenvalue weighted by molar-refractivity contribution is 5.96. The van der Waals surface area contributed by atoms with E-state index in [1.165, 1.54) is 6.07 Å². The molecule has 0 bridgehead atoms. The minimum atomic E-state index is -1.22. The number of hydrogen-bond acceptors (Lipinski definition) is 2. The summed E-state index contributed by atoms with van der Waals surface area (Å²) in [6.07, 6.45) is 0.760. The third-order valence-electron chi connectivity index (χ3n) is 2.15. The number of halogens is 1. The van der Waals surface area contributed by atoms with Gasteiger partial charge in [-0.25, -0.2) is 9.18 Å². The van der Waals surface area contributed by atoms with Crippen molar-refractivity contribution >= 4 is 11.7 Å². The van der Waals surface area contributed by atoms with E-state index in [2.05, 4.69) is 5.32 Å². The molecule has 0 aliphatic carbocycles. The minimum Gasteiger partial charge on any atom is -0.478 e. The number of nitrogens with one attached hydrogen (secondary N) is 1. The lowest BCUT2D eigenvalue weighted by atomic mass is 10.1. The van der Waals surface area contributed by atoms with Crippen molar-refractivity contribution in [2.75, 3.05) is 11.9 Å². The van der Waals surface area contributed by atoms with Gasteiger partial charge >= 0.3 is 5.97 Å². The first-order valence-corrected chi connectivity index (χ1v) is 3.98. The first-order valence-electron chi connectivity index (χ1n) is 3.98. The Bertz CT molecular complexity index is 376. The van der Waals surface area contributed by atoms with Crippen molar-refractivity contribution in [1.82, 2.24) is 0 Å². The van der Waals surface area contributed by atoms with E-state index in [0.717, 1.165) is 12.0 Å². The van der Waals surface area contributed by atoms with Gasteiger partial charge in [0.1, 0.15) is 11.4 Å². The molecule has 4 heteroatoms. The van der Waals surface area contributed by atoms with Gasteiger partial charge in [0.15, 0.2) is 0 Å². The van der Waals surface area contributed by atoms with Crippen LogP contribution >= 0.6 is 0 Å². The zero-order valence-corrected chi connectivity index (χ0v) is 6.80. The molecule has 0 radical (unpaired) electrons. The Morgan fingerprint density at radius 3 is 3.00 bits per heavy atom. The molecule has 68 valence electrons. The standard InChI is InChI=1S/C9H8FNO2/c10-6-2-1-5-3-4-11-8(5)7(6)9(12)13/h1-2,11H,3-4H2,(H,12,13). The molecule has 0 fully saturated rings. The lowest BCUT2D eigenvalue weighted by Gasteiger charge is -2.05. The fourth-order valence-corrected chi connectivity index (χ4v) is 1.56. The molecule has 0 amide bonds. The topological polar surface area (TPSA) is 49.3 Å². The van der Waals surface area contributed by atoms with Crippen LogP contribution in [0, 0.1) is 5.82 Å². The van der Waals surface area contributed by atoms with Gasteiger partial charge in [-0.3, -0.25) is 0 Å². The Morgan fingerprint density at radius 2 is 2.31 bits per heavy atom. The van der Waals surface area contributed by atoms with Gasteiger partial charge in [0.25, 0.3) is 0 Å². The highest BCUT2D eigenvalue weighted by Gasteiger charge is 2.21. The predicted octanol–water partition coefficient (Wildman–Crippen LogP) is 1.49. The summed E-state index contributed by atoms with van der Waals surface area (Å²) >= 11 is 0. The van der Waals surface area contributed by atoms with E-state index in [-0.39, 0.29) is 5.56 Å². The number of carbonyl (C=O) groups is 1. The summed E-state index contributed by atoms with van der Waals surface area (Å²) in [5.74, 6) is -1.90. The van der Waals surface area contributed by atoms with Gasteiger partial charge in [0, 0.05) is 6.54 Å². The molecule has 3 nitrogen and oxygen atoms in total. The average molecular weight is 181 g/mol. The van der Waals surface area contributed by atoms with Gasteiger partial charge in [-0.15, -0.1) is 0 Å². The van der Waals surface area contributed by atoms with Crippen molar-refractivity contribution in [1.29, 1.82) is 0 Å². The maximum Gasteiger partial charge on any atom is 0.340 e. The van der Waals surface area contributed by atoms with Crippen LogP contribution in [0.5, 0.6) is 0 Å². The van der Waals surface area contributed by atoms with Crippen molar-refractivity contribution in [3.05, 3.63) is 29.1 Å². The first kappa shape index (κ1) is 8.04. The van der Waals surface area contributed by atoms with Crippen molar-refractivity contribution in [3.8, 4) is 0 Å². The van der Waals surface area contributed by atoms with E-state index in [1.807, 2.05) is 0 Å². The number of anilines is 1. The number of fused-ring (bicyclic) bond motifs is 1. The number of benzene rings is 1. The quantitative estimate of drug-likeness (QED) is 0.690. The predicted molar refractivity (Wildman–Crippen MR) is 45.6 cm³/mol. The van der Waals surface area contributed by atoms with E-state index in [0.29, 0.717) is 12.2 Å². The van der Waals surface area contributed by atoms with E-state index in [9.17, 15) is 9.18 Å². The minimum absolute atomic E-state index is 0.241. The first-order chi connectivity index (χ1) is 6.20. The van der Waals surface area contributed by atoms with E-state index < -0.39 is 11.8 Å². The van der Waals surface area contributed by atoms with Crippen LogP contribution in [0.1, 0.15) is 15.9 Å². The zero-order chi connectivity index (χ0) is 9.42. The van der Waals surface area contributed by atoms with Gasteiger partial charge in [-0.2, -0.15) is 0 Å². The summed E-state index contributed by atoms with van der Waals surface area (Å²) < 4.78 is 13.1. The monoisotopic (exact) mass is 181 g/mol. The second-order valence-electron chi connectivity index (χ2n) is 2.94. The number of aromatic carboxylic acids is 1. The van der Waals surface area contributed by atoms with Crippen LogP contribution in [0.25, 0.3) is 0 Å². The number of carboxylic acid groups (broad SMARTS) is 1. The molecule has 13 heavy (non-hydrogen) atoms. The molecule has 0 unspecified atom stereocenters. The molecule has 1 aliphatic rings. The Labute approximate surface area is 74.2 Å². The molecule has 0 spiro atoms. The molecule has 1 aromatic carbocycles. The molecule has 2 rings (SSSR count). The summed E-state index contributed by atoms with van der Waals surface area (Å²) in [5.41, 5.74) is 1.07. The fraction of sp³-hybridized carbons (Fsp3) is 0.222. The molecule has 2 N–H and O–H groups in total. The fourth-order valence-electron chi connectivity index (χ4n) is 1.56. The van der Waals surface area contributed by atoms with E-state index in [4.69, 9.17) is 5.11 Å². The molecule has 0 aromatic heterocycles. The highest BCUT2D eigenvalue weighted by atomic mass is 19.1. The SMILES string of the molecule is O=C(O)c1c(F)ccc2c1NCC2. The number of hydrogen-bond donors (Lipinski definition) is 2. The number of carboxylic acids is 1. The normalized spacial score (nSPS) is 13.6. The summed E-state index contributed by atoms with van der Waals surface area (Å²) in [5, 5.41) is 11.6. The van der Waals surface area contributed by atoms with Crippen LogP contribution < -0.4 is 5.32 Å². The molecule has 0 saturated heterocycles. The maximum atomic E-state index is 13.1. The third kappa shape index (κ3) is 1.14. The average Bonchev–Trinajstić information content (AvgIpc) is 2.50. The van der Waals surface area contributed by atoms with Crippen LogP contribution in [-0.2, 0) is 6.42 Å². The lowest BCUT2D eigenvalue weighted by molar-refractivity contribution is 0.0693. The molecule has 0 saturated carbocycles. The van der Waals surface area contributed by atoms with Gasteiger partial charge in [0.05, 0.1) is 5.69 Å². The lowest BCUT2D eigenvalue weighted by Crippen LogP contribution is -2.05. The van der Waals surface area contributed by atoms with Crippen molar-refractivity contribution in [3.63, 3.8) is 0 Å². The smallest absolute Gasteiger partial charge is 0.340 e. The second-order valence-corrected chi connectivity index (χ2v) is 2.94. The maximum absolute atomic E-state index is 13.1. The Hall–Kier alpha value is -1.58. The highest BCUT2D eigenvalue weighted by Crippen LogP contribution is 2.28. The molecule has 0 atom stereocenters. The van der Waals surface area contributed by atoms with Crippen LogP contribution in [0.3, 0.4) is 0 Å². The van der Waals surface area contributed by atoms with Crippen LogP contribution in [-0.4, -0.2) is 17.6 Å². The van der Waals surface area contributed by atoms with Gasteiger partial charge in [0.2, 0.25) is 0 Å².